The van der Waals surface area contributed by atoms with Crippen molar-refractivity contribution < 1.29 is 24.2 Å². The van der Waals surface area contributed by atoms with Crippen LogP contribution in [0.15, 0.2) is 24.3 Å². The van der Waals surface area contributed by atoms with E-state index in [-0.39, 0.29) is 25.3 Å². The number of carboxylic acids is 1. The van der Waals surface area contributed by atoms with Crippen LogP contribution in [0.4, 0.5) is 4.39 Å². The Hall–Kier alpha value is -1.95. The van der Waals surface area contributed by atoms with Gasteiger partial charge in [-0.3, -0.25) is 9.59 Å². The van der Waals surface area contributed by atoms with Crippen LogP contribution in [0.25, 0.3) is 0 Å². The highest BCUT2D eigenvalue weighted by Crippen LogP contribution is 2.29. The molecule has 1 aromatic carbocycles. The Kier molecular flexibility index (Phi) is 3.80. The quantitative estimate of drug-likeness (QED) is 0.851. The zero-order valence-electron chi connectivity index (χ0n) is 10.1. The molecule has 0 radical (unpaired) electrons. The van der Waals surface area contributed by atoms with E-state index in [4.69, 9.17) is 5.11 Å². The Morgan fingerprint density at radius 3 is 2.53 bits per heavy atom. The summed E-state index contributed by atoms with van der Waals surface area (Å²) in [7, 11) is 0. The molecule has 2 N–H and O–H groups in total. The summed E-state index contributed by atoms with van der Waals surface area (Å²) in [4.78, 5) is 24.0. The van der Waals surface area contributed by atoms with Crippen LogP contribution in [0.3, 0.4) is 0 Å². The first-order chi connectivity index (χ1) is 8.97. The lowest BCUT2D eigenvalue weighted by Crippen LogP contribution is -2.32. The topological polar surface area (TPSA) is 77.8 Å². The van der Waals surface area contributed by atoms with Crippen molar-refractivity contribution in [1.82, 2.24) is 4.90 Å². The highest BCUT2D eigenvalue weighted by molar-refractivity contribution is 5.80. The van der Waals surface area contributed by atoms with E-state index in [0.29, 0.717) is 5.56 Å². The van der Waals surface area contributed by atoms with Crippen molar-refractivity contribution >= 4 is 11.9 Å². The molecule has 2 atom stereocenters. The van der Waals surface area contributed by atoms with E-state index in [1.807, 2.05) is 0 Å². The van der Waals surface area contributed by atoms with Gasteiger partial charge in [0, 0.05) is 6.54 Å². The molecule has 2 rings (SSSR count). The molecule has 1 heterocycles. The molecule has 102 valence electrons. The van der Waals surface area contributed by atoms with Crippen LogP contribution < -0.4 is 0 Å². The van der Waals surface area contributed by atoms with Crippen LogP contribution in [0.1, 0.15) is 24.4 Å². The minimum atomic E-state index is -1.05. The number of hydrogen-bond acceptors (Lipinski definition) is 3. The molecule has 6 heteroatoms. The third-order valence-electron chi connectivity index (χ3n) is 3.14. The minimum Gasteiger partial charge on any atom is -0.481 e. The predicted octanol–water partition coefficient (Wildman–Crippen LogP) is 0.935. The number of carboxylic acid groups (broad SMARTS) is 1. The van der Waals surface area contributed by atoms with Gasteiger partial charge < -0.3 is 15.1 Å². The van der Waals surface area contributed by atoms with E-state index < -0.39 is 23.9 Å². The fourth-order valence-electron chi connectivity index (χ4n) is 2.27. The van der Waals surface area contributed by atoms with Gasteiger partial charge in [0.05, 0.1) is 25.0 Å². The van der Waals surface area contributed by atoms with Gasteiger partial charge in [0.1, 0.15) is 5.82 Å². The normalized spacial score (nSPS) is 20.6. The summed E-state index contributed by atoms with van der Waals surface area (Å²) in [5.41, 5.74) is 0.547. The second-order valence-corrected chi connectivity index (χ2v) is 4.57. The van der Waals surface area contributed by atoms with Gasteiger partial charge in [0.25, 0.3) is 0 Å². The zero-order chi connectivity index (χ0) is 14.0. The van der Waals surface area contributed by atoms with Gasteiger partial charge in [-0.25, -0.2) is 4.39 Å². The first kappa shape index (κ1) is 13.5. The molecule has 0 saturated carbocycles. The minimum absolute atomic E-state index is 0.00266. The first-order valence-corrected chi connectivity index (χ1v) is 5.92. The molecule has 1 aliphatic rings. The maximum absolute atomic E-state index is 12.9. The van der Waals surface area contributed by atoms with Gasteiger partial charge in [0.15, 0.2) is 0 Å². The van der Waals surface area contributed by atoms with Crippen LogP contribution in [0.2, 0.25) is 0 Å². The van der Waals surface area contributed by atoms with E-state index in [1.54, 1.807) is 0 Å². The molecular formula is C13H14FNO4. The number of aliphatic hydroxyl groups is 1. The second kappa shape index (κ2) is 5.36. The van der Waals surface area contributed by atoms with E-state index in [2.05, 4.69) is 0 Å². The molecular weight excluding hydrogens is 253 g/mol. The van der Waals surface area contributed by atoms with Crippen molar-refractivity contribution in [2.45, 2.75) is 25.0 Å². The molecule has 1 aliphatic heterocycles. The van der Waals surface area contributed by atoms with Crippen molar-refractivity contribution in [1.29, 1.82) is 0 Å². The molecule has 1 amide bonds. The summed E-state index contributed by atoms with van der Waals surface area (Å²) in [6, 6.07) is 4.69. The lowest BCUT2D eigenvalue weighted by atomic mass is 10.0. The fourth-order valence-corrected chi connectivity index (χ4v) is 2.27. The Bertz CT molecular complexity index is 488. The number of carbonyl (C=O) groups is 2. The Morgan fingerprint density at radius 2 is 2.05 bits per heavy atom. The van der Waals surface area contributed by atoms with Crippen molar-refractivity contribution in [3.8, 4) is 0 Å². The van der Waals surface area contributed by atoms with Gasteiger partial charge in [-0.2, -0.15) is 0 Å². The lowest BCUT2D eigenvalue weighted by Gasteiger charge is -2.27. The van der Waals surface area contributed by atoms with Gasteiger partial charge in [0.2, 0.25) is 5.91 Å². The van der Waals surface area contributed by atoms with E-state index in [1.165, 1.54) is 29.2 Å². The summed E-state index contributed by atoms with van der Waals surface area (Å²) < 4.78 is 12.9. The predicted molar refractivity (Wildman–Crippen MR) is 63.7 cm³/mol. The largest absolute Gasteiger partial charge is 0.481 e. The van der Waals surface area contributed by atoms with Gasteiger partial charge in [-0.05, 0) is 17.7 Å². The third-order valence-corrected chi connectivity index (χ3v) is 3.14. The number of β-amino-alcohol motifs (C(OH)–C–C–N with tert-alkyl or cyclic N) is 1. The summed E-state index contributed by atoms with van der Waals surface area (Å²) in [6.45, 7) is 0.105. The van der Waals surface area contributed by atoms with Gasteiger partial charge >= 0.3 is 5.97 Å². The molecule has 0 aliphatic carbocycles. The van der Waals surface area contributed by atoms with Gasteiger partial charge in [-0.1, -0.05) is 12.1 Å². The highest BCUT2D eigenvalue weighted by Gasteiger charge is 2.35. The van der Waals surface area contributed by atoms with Crippen LogP contribution >= 0.6 is 0 Å². The average molecular weight is 267 g/mol. The van der Waals surface area contributed by atoms with Gasteiger partial charge in [-0.15, -0.1) is 0 Å². The summed E-state index contributed by atoms with van der Waals surface area (Å²) >= 11 is 0. The second-order valence-electron chi connectivity index (χ2n) is 4.57. The maximum Gasteiger partial charge on any atom is 0.305 e. The molecule has 0 spiro atoms. The highest BCUT2D eigenvalue weighted by atomic mass is 19.1. The molecule has 2 unspecified atom stereocenters. The number of carbonyl (C=O) groups excluding carboxylic acids is 1. The number of aliphatic hydroxyl groups excluding tert-OH is 1. The average Bonchev–Trinajstić information content (AvgIpc) is 2.66. The van der Waals surface area contributed by atoms with Crippen LogP contribution in [0.5, 0.6) is 0 Å². The Morgan fingerprint density at radius 1 is 1.42 bits per heavy atom. The fraction of sp³-hybridized carbons (Fsp3) is 0.385. The van der Waals surface area contributed by atoms with Crippen molar-refractivity contribution in [2.24, 2.45) is 0 Å². The van der Waals surface area contributed by atoms with Crippen molar-refractivity contribution in [3.05, 3.63) is 35.6 Å². The monoisotopic (exact) mass is 267 g/mol. The molecule has 19 heavy (non-hydrogen) atoms. The lowest BCUT2D eigenvalue weighted by molar-refractivity contribution is -0.139. The number of hydrogen-bond donors (Lipinski definition) is 2. The van der Waals surface area contributed by atoms with Crippen LogP contribution in [-0.2, 0) is 9.59 Å². The number of aliphatic carboxylic acids is 1. The number of likely N-dealkylation sites (tertiary alicyclic amines) is 1. The number of rotatable bonds is 4. The summed E-state index contributed by atoms with van der Waals surface area (Å²) in [5.74, 6) is -1.77. The number of benzene rings is 1. The molecule has 1 aromatic rings. The molecule has 5 nitrogen and oxygen atoms in total. The smallest absolute Gasteiger partial charge is 0.305 e. The summed E-state index contributed by atoms with van der Waals surface area (Å²) in [6.07, 6.45) is -1.05. The number of nitrogens with zero attached hydrogens (tertiary/aromatic N) is 1. The molecule has 0 aromatic heterocycles. The van der Waals surface area contributed by atoms with E-state index in [0.717, 1.165) is 0 Å². The van der Waals surface area contributed by atoms with Crippen LogP contribution in [0, 0.1) is 5.82 Å². The molecule has 1 fully saturated rings. The maximum atomic E-state index is 12.9. The molecule has 0 bridgehead atoms. The summed E-state index contributed by atoms with van der Waals surface area (Å²) in [5, 5.41) is 18.4. The standard InChI is InChI=1S/C13H14FNO4/c14-9-3-1-8(2-4-9)11(6-13(18)19)15-7-10(16)5-12(15)17/h1-4,10-11,16H,5-7H2,(H,18,19). The Balaban J connectivity index is 2.28. The third kappa shape index (κ3) is 3.08. The molecule has 1 saturated heterocycles. The number of amides is 1. The SMILES string of the molecule is O=C(O)CC(c1ccc(F)cc1)N1CC(O)CC1=O. The first-order valence-electron chi connectivity index (χ1n) is 5.92. The number of halogens is 1. The van der Waals surface area contributed by atoms with E-state index >= 15 is 0 Å². The van der Waals surface area contributed by atoms with Crippen molar-refractivity contribution in [2.75, 3.05) is 6.54 Å². The van der Waals surface area contributed by atoms with Crippen LogP contribution in [-0.4, -0.2) is 39.6 Å². The Labute approximate surface area is 109 Å². The van der Waals surface area contributed by atoms with Crippen molar-refractivity contribution in [3.63, 3.8) is 0 Å². The zero-order valence-corrected chi connectivity index (χ0v) is 10.1. The van der Waals surface area contributed by atoms with E-state index in [9.17, 15) is 19.1 Å².